The standard InChI is InChI=1S/C16H24BrN3O3/c1-16(2,3)23-15(21)20-9-12(13(10-20)22-4)18-8-11-6-5-7-14(17)19-11/h5-7,12-13,18H,8-10H2,1-4H3/t12?,13-/m0/s1. The van der Waals surface area contributed by atoms with Crippen LogP contribution in [0.1, 0.15) is 26.5 Å². The number of pyridine rings is 1. The van der Waals surface area contributed by atoms with Crippen molar-refractivity contribution in [2.75, 3.05) is 20.2 Å². The minimum Gasteiger partial charge on any atom is -0.444 e. The second-order valence-corrected chi connectivity index (χ2v) is 7.41. The smallest absolute Gasteiger partial charge is 0.410 e. The van der Waals surface area contributed by atoms with Gasteiger partial charge in [-0.1, -0.05) is 6.07 Å². The minimum absolute atomic E-state index is 0.0494. The van der Waals surface area contributed by atoms with Gasteiger partial charge in [0.1, 0.15) is 10.2 Å². The van der Waals surface area contributed by atoms with Gasteiger partial charge in [-0.05, 0) is 48.8 Å². The van der Waals surface area contributed by atoms with Crippen molar-refractivity contribution in [3.63, 3.8) is 0 Å². The fraction of sp³-hybridized carbons (Fsp3) is 0.625. The molecule has 23 heavy (non-hydrogen) atoms. The van der Waals surface area contributed by atoms with Crippen LogP contribution in [-0.4, -0.2) is 53.9 Å². The normalized spacial score (nSPS) is 21.5. The Labute approximate surface area is 145 Å². The first-order valence-electron chi connectivity index (χ1n) is 7.64. The van der Waals surface area contributed by atoms with Gasteiger partial charge in [-0.25, -0.2) is 9.78 Å². The number of nitrogens with zero attached hydrogens (tertiary/aromatic N) is 2. The number of hydrogen-bond acceptors (Lipinski definition) is 5. The molecule has 1 unspecified atom stereocenters. The van der Waals surface area contributed by atoms with E-state index in [1.807, 2.05) is 39.0 Å². The summed E-state index contributed by atoms with van der Waals surface area (Å²) < 4.78 is 11.7. The van der Waals surface area contributed by atoms with E-state index < -0.39 is 5.60 Å². The monoisotopic (exact) mass is 385 g/mol. The lowest BCUT2D eigenvalue weighted by Gasteiger charge is -2.24. The van der Waals surface area contributed by atoms with Crippen molar-refractivity contribution in [1.29, 1.82) is 0 Å². The third-order valence-electron chi connectivity index (χ3n) is 3.54. The largest absolute Gasteiger partial charge is 0.444 e. The lowest BCUT2D eigenvalue weighted by Crippen LogP contribution is -2.40. The Morgan fingerprint density at radius 1 is 1.43 bits per heavy atom. The highest BCUT2D eigenvalue weighted by molar-refractivity contribution is 9.10. The quantitative estimate of drug-likeness (QED) is 0.806. The van der Waals surface area contributed by atoms with Gasteiger partial charge in [-0.3, -0.25) is 0 Å². The Hall–Kier alpha value is -1.18. The molecule has 6 nitrogen and oxygen atoms in total. The van der Waals surface area contributed by atoms with Crippen molar-refractivity contribution in [2.45, 2.75) is 45.1 Å². The van der Waals surface area contributed by atoms with Gasteiger partial charge < -0.3 is 19.7 Å². The van der Waals surface area contributed by atoms with Crippen LogP contribution < -0.4 is 5.32 Å². The molecule has 2 atom stereocenters. The molecule has 1 fully saturated rings. The van der Waals surface area contributed by atoms with Gasteiger partial charge in [0.05, 0.1) is 24.4 Å². The molecule has 0 spiro atoms. The van der Waals surface area contributed by atoms with Crippen LogP contribution >= 0.6 is 15.9 Å². The summed E-state index contributed by atoms with van der Waals surface area (Å²) in [5.41, 5.74) is 0.440. The lowest BCUT2D eigenvalue weighted by atomic mass is 10.2. The summed E-state index contributed by atoms with van der Waals surface area (Å²) in [4.78, 5) is 18.3. The summed E-state index contributed by atoms with van der Waals surface area (Å²) >= 11 is 3.36. The molecular formula is C16H24BrN3O3. The van der Waals surface area contributed by atoms with Gasteiger partial charge in [-0.2, -0.15) is 0 Å². The third kappa shape index (κ3) is 5.44. The average Bonchev–Trinajstić information content (AvgIpc) is 2.87. The van der Waals surface area contributed by atoms with Gasteiger partial charge in [0, 0.05) is 20.2 Å². The number of hydrogen-bond donors (Lipinski definition) is 1. The maximum Gasteiger partial charge on any atom is 0.410 e. The molecule has 0 aliphatic carbocycles. The first kappa shape index (κ1) is 18.2. The maximum absolute atomic E-state index is 12.2. The highest BCUT2D eigenvalue weighted by Gasteiger charge is 2.37. The molecule has 1 saturated heterocycles. The van der Waals surface area contributed by atoms with Crippen LogP contribution in [0.4, 0.5) is 4.79 Å². The molecule has 0 bridgehead atoms. The van der Waals surface area contributed by atoms with Gasteiger partial charge >= 0.3 is 6.09 Å². The van der Waals surface area contributed by atoms with Crippen molar-refractivity contribution in [3.8, 4) is 0 Å². The lowest BCUT2D eigenvalue weighted by molar-refractivity contribution is 0.0252. The van der Waals surface area contributed by atoms with Crippen LogP contribution in [0.15, 0.2) is 22.8 Å². The van der Waals surface area contributed by atoms with E-state index in [9.17, 15) is 4.79 Å². The summed E-state index contributed by atoms with van der Waals surface area (Å²) in [5, 5.41) is 3.42. The second-order valence-electron chi connectivity index (χ2n) is 6.60. The van der Waals surface area contributed by atoms with E-state index in [1.165, 1.54) is 0 Å². The Morgan fingerprint density at radius 2 is 2.17 bits per heavy atom. The van der Waals surface area contributed by atoms with E-state index in [0.29, 0.717) is 19.6 Å². The summed E-state index contributed by atoms with van der Waals surface area (Å²) in [6.07, 6.45) is -0.362. The van der Waals surface area contributed by atoms with Crippen LogP contribution in [0.25, 0.3) is 0 Å². The number of likely N-dealkylation sites (tertiary alicyclic amines) is 1. The fourth-order valence-electron chi connectivity index (χ4n) is 2.47. The topological polar surface area (TPSA) is 63.7 Å². The Balaban J connectivity index is 1.92. The fourth-order valence-corrected chi connectivity index (χ4v) is 2.85. The van der Waals surface area contributed by atoms with Crippen LogP contribution in [-0.2, 0) is 16.0 Å². The third-order valence-corrected chi connectivity index (χ3v) is 3.98. The van der Waals surface area contributed by atoms with Crippen molar-refractivity contribution < 1.29 is 14.3 Å². The minimum atomic E-state index is -0.495. The maximum atomic E-state index is 12.2. The Kier molecular flexibility index (Phi) is 6.00. The van der Waals surface area contributed by atoms with Crippen LogP contribution in [0.5, 0.6) is 0 Å². The van der Waals surface area contributed by atoms with Crippen molar-refractivity contribution >= 4 is 22.0 Å². The van der Waals surface area contributed by atoms with Crippen molar-refractivity contribution in [2.24, 2.45) is 0 Å². The molecule has 1 aliphatic rings. The SMILES string of the molecule is CO[C@H]1CN(C(=O)OC(C)(C)C)CC1NCc1cccc(Br)n1. The molecule has 0 radical (unpaired) electrons. The summed E-state index contributed by atoms with van der Waals surface area (Å²) in [5.74, 6) is 0. The van der Waals surface area contributed by atoms with E-state index in [-0.39, 0.29) is 18.2 Å². The number of rotatable bonds is 4. The first-order valence-corrected chi connectivity index (χ1v) is 8.43. The van der Waals surface area contributed by atoms with Crippen LogP contribution in [0, 0.1) is 0 Å². The Morgan fingerprint density at radius 3 is 2.78 bits per heavy atom. The van der Waals surface area contributed by atoms with Gasteiger partial charge in [-0.15, -0.1) is 0 Å². The average molecular weight is 386 g/mol. The number of carbonyl (C=O) groups is 1. The number of ether oxygens (including phenoxy) is 2. The molecule has 1 N–H and O–H groups in total. The zero-order valence-electron chi connectivity index (χ0n) is 14.0. The van der Waals surface area contributed by atoms with E-state index in [2.05, 4.69) is 26.2 Å². The predicted molar refractivity (Wildman–Crippen MR) is 91.2 cm³/mol. The zero-order chi connectivity index (χ0) is 17.0. The number of methoxy groups -OCH3 is 1. The molecule has 7 heteroatoms. The highest BCUT2D eigenvalue weighted by Crippen LogP contribution is 2.18. The van der Waals surface area contributed by atoms with Crippen molar-refractivity contribution in [1.82, 2.24) is 15.2 Å². The number of halogens is 1. The van der Waals surface area contributed by atoms with E-state index >= 15 is 0 Å². The van der Waals surface area contributed by atoms with Gasteiger partial charge in [0.2, 0.25) is 0 Å². The number of carbonyl (C=O) groups excluding carboxylic acids is 1. The molecule has 1 amide bonds. The molecule has 2 rings (SSSR count). The zero-order valence-corrected chi connectivity index (χ0v) is 15.6. The van der Waals surface area contributed by atoms with Gasteiger partial charge in [0.25, 0.3) is 0 Å². The van der Waals surface area contributed by atoms with Gasteiger partial charge in [0.15, 0.2) is 0 Å². The second kappa shape index (κ2) is 7.59. The van der Waals surface area contributed by atoms with E-state index in [1.54, 1.807) is 12.0 Å². The van der Waals surface area contributed by atoms with E-state index in [4.69, 9.17) is 9.47 Å². The molecular weight excluding hydrogens is 362 g/mol. The number of amides is 1. The van der Waals surface area contributed by atoms with Crippen LogP contribution in [0.3, 0.4) is 0 Å². The summed E-state index contributed by atoms with van der Waals surface area (Å²) in [6, 6.07) is 5.85. The number of aromatic nitrogens is 1. The Bertz CT molecular complexity index is 548. The molecule has 0 saturated carbocycles. The molecule has 1 aromatic rings. The van der Waals surface area contributed by atoms with Crippen LogP contribution in [0.2, 0.25) is 0 Å². The molecule has 0 aromatic carbocycles. The summed E-state index contributed by atoms with van der Waals surface area (Å²) in [6.45, 7) is 7.29. The predicted octanol–water partition coefficient (Wildman–Crippen LogP) is 2.57. The van der Waals surface area contributed by atoms with E-state index in [0.717, 1.165) is 10.3 Å². The number of nitrogens with one attached hydrogen (secondary N) is 1. The van der Waals surface area contributed by atoms with Crippen molar-refractivity contribution in [3.05, 3.63) is 28.5 Å². The molecule has 2 heterocycles. The molecule has 1 aromatic heterocycles. The summed E-state index contributed by atoms with van der Waals surface area (Å²) in [7, 11) is 1.66. The first-order chi connectivity index (χ1) is 10.8. The molecule has 128 valence electrons. The molecule has 1 aliphatic heterocycles. The highest BCUT2D eigenvalue weighted by atomic mass is 79.9.